The van der Waals surface area contributed by atoms with Gasteiger partial charge in [-0.15, -0.1) is 0 Å². The van der Waals surface area contributed by atoms with Crippen molar-refractivity contribution in [3.05, 3.63) is 35.9 Å². The lowest BCUT2D eigenvalue weighted by Crippen LogP contribution is -2.54. The van der Waals surface area contributed by atoms with Gasteiger partial charge in [-0.3, -0.25) is 25.0 Å². The Morgan fingerprint density at radius 2 is 2.00 bits per heavy atom. The van der Waals surface area contributed by atoms with Crippen molar-refractivity contribution < 1.29 is 9.59 Å². The van der Waals surface area contributed by atoms with Crippen molar-refractivity contribution in [3.63, 3.8) is 0 Å². The van der Waals surface area contributed by atoms with E-state index in [0.717, 1.165) is 44.1 Å². The van der Waals surface area contributed by atoms with E-state index in [9.17, 15) is 9.59 Å². The average molecular weight is 415 g/mol. The molecule has 0 aliphatic carbocycles. The molecule has 1 saturated heterocycles. The van der Waals surface area contributed by atoms with Crippen LogP contribution in [0.2, 0.25) is 0 Å². The molecule has 3 atom stereocenters. The Morgan fingerprint density at radius 1 is 1.27 bits per heavy atom. The van der Waals surface area contributed by atoms with Crippen LogP contribution in [0, 0.1) is 11.3 Å². The second kappa shape index (κ2) is 12.4. The molecule has 2 rings (SSSR count). The Kier molecular flexibility index (Phi) is 9.84. The number of nitrogens with zero attached hydrogens (tertiary/aromatic N) is 2. The smallest absolute Gasteiger partial charge is 0.228 e. The zero-order valence-electron chi connectivity index (χ0n) is 18.8. The van der Waals surface area contributed by atoms with E-state index in [-0.39, 0.29) is 18.0 Å². The summed E-state index contributed by atoms with van der Waals surface area (Å²) in [6, 6.07) is 10.2. The Labute approximate surface area is 181 Å². The average Bonchev–Trinajstić information content (AvgIpc) is 2.76. The fraction of sp³-hybridized carbons (Fsp3) is 0.625. The van der Waals surface area contributed by atoms with E-state index in [1.165, 1.54) is 0 Å². The lowest BCUT2D eigenvalue weighted by Gasteiger charge is -2.44. The molecule has 0 radical (unpaired) electrons. The minimum Gasteiger partial charge on any atom is -0.354 e. The summed E-state index contributed by atoms with van der Waals surface area (Å²) in [6.07, 6.45) is 7.39. The predicted octanol–water partition coefficient (Wildman–Crippen LogP) is 4.16. The van der Waals surface area contributed by atoms with Gasteiger partial charge in [0.15, 0.2) is 0 Å². The Bertz CT molecular complexity index is 679. The molecule has 0 bridgehead atoms. The largest absolute Gasteiger partial charge is 0.354 e. The summed E-state index contributed by atoms with van der Waals surface area (Å²) >= 11 is 0. The Hall–Kier alpha value is -2.37. The van der Waals surface area contributed by atoms with Crippen LogP contribution < -0.4 is 5.32 Å². The first kappa shape index (κ1) is 23.9. The van der Waals surface area contributed by atoms with Crippen LogP contribution in [-0.2, 0) is 16.0 Å². The number of carbonyl (C=O) groups excluding carboxylic acids is 2. The fourth-order valence-electron chi connectivity index (χ4n) is 4.00. The van der Waals surface area contributed by atoms with Gasteiger partial charge in [-0.25, -0.2) is 0 Å². The fourth-order valence-corrected chi connectivity index (χ4v) is 4.00. The molecule has 3 unspecified atom stereocenters. The summed E-state index contributed by atoms with van der Waals surface area (Å²) in [7, 11) is 0. The number of nitrogens with one attached hydrogen (secondary N) is 2. The monoisotopic (exact) mass is 414 g/mol. The van der Waals surface area contributed by atoms with E-state index in [1.807, 2.05) is 42.3 Å². The van der Waals surface area contributed by atoms with Gasteiger partial charge in [-0.05, 0) is 50.5 Å². The van der Waals surface area contributed by atoms with Crippen molar-refractivity contribution in [3.8, 4) is 0 Å². The SMILES string of the molecule is CCC(C)CC1CCCN(C(=N)CCC(C)NC(=O)CCc2ccccc2)N1C=O. The molecule has 0 spiro atoms. The minimum atomic E-state index is -0.000921. The highest BCUT2D eigenvalue weighted by Gasteiger charge is 2.30. The van der Waals surface area contributed by atoms with E-state index < -0.39 is 0 Å². The summed E-state index contributed by atoms with van der Waals surface area (Å²) in [4.78, 5) is 24.0. The van der Waals surface area contributed by atoms with Crippen LogP contribution in [-0.4, -0.2) is 46.8 Å². The lowest BCUT2D eigenvalue weighted by molar-refractivity contribution is -0.137. The molecule has 0 aromatic heterocycles. The highest BCUT2D eigenvalue weighted by Crippen LogP contribution is 2.24. The summed E-state index contributed by atoms with van der Waals surface area (Å²) in [5, 5.41) is 15.1. The lowest BCUT2D eigenvalue weighted by atomic mass is 9.94. The first-order valence-corrected chi connectivity index (χ1v) is 11.4. The molecule has 2 amide bonds. The number of amides is 2. The van der Waals surface area contributed by atoms with Gasteiger partial charge in [0.1, 0.15) is 5.84 Å². The number of aryl methyl sites for hydroxylation is 1. The number of hydrogen-bond acceptors (Lipinski definition) is 3. The molecule has 30 heavy (non-hydrogen) atoms. The molecule has 1 aliphatic rings. The van der Waals surface area contributed by atoms with Gasteiger partial charge in [0.25, 0.3) is 0 Å². The number of carbonyl (C=O) groups is 2. The van der Waals surface area contributed by atoms with Gasteiger partial charge in [0.05, 0.1) is 6.04 Å². The first-order valence-electron chi connectivity index (χ1n) is 11.4. The number of amidine groups is 1. The molecule has 1 aromatic rings. The maximum atomic E-state index is 12.2. The third-order valence-electron chi connectivity index (χ3n) is 6.06. The molecule has 1 fully saturated rings. The second-order valence-electron chi connectivity index (χ2n) is 8.59. The maximum Gasteiger partial charge on any atom is 0.228 e. The van der Waals surface area contributed by atoms with Crippen LogP contribution in [0.3, 0.4) is 0 Å². The van der Waals surface area contributed by atoms with Crippen molar-refractivity contribution >= 4 is 18.2 Å². The van der Waals surface area contributed by atoms with Crippen molar-refractivity contribution in [2.45, 2.75) is 84.2 Å². The molecule has 166 valence electrons. The highest BCUT2D eigenvalue weighted by molar-refractivity contribution is 5.80. The first-order chi connectivity index (χ1) is 14.4. The molecule has 1 heterocycles. The van der Waals surface area contributed by atoms with E-state index in [4.69, 9.17) is 5.41 Å². The molecule has 0 saturated carbocycles. The normalized spacial score (nSPS) is 18.6. The van der Waals surface area contributed by atoms with Crippen molar-refractivity contribution in [2.75, 3.05) is 6.54 Å². The summed E-state index contributed by atoms with van der Waals surface area (Å²) in [5.74, 6) is 1.07. The van der Waals surface area contributed by atoms with Crippen LogP contribution in [0.4, 0.5) is 0 Å². The van der Waals surface area contributed by atoms with Crippen molar-refractivity contribution in [1.29, 1.82) is 5.41 Å². The summed E-state index contributed by atoms with van der Waals surface area (Å²) in [5.41, 5.74) is 1.16. The van der Waals surface area contributed by atoms with E-state index in [0.29, 0.717) is 37.6 Å². The minimum absolute atomic E-state index is 0.000921. The van der Waals surface area contributed by atoms with Crippen molar-refractivity contribution in [2.24, 2.45) is 5.92 Å². The second-order valence-corrected chi connectivity index (χ2v) is 8.59. The number of hydrogen-bond donors (Lipinski definition) is 2. The van der Waals surface area contributed by atoms with Crippen LogP contribution in [0.5, 0.6) is 0 Å². The van der Waals surface area contributed by atoms with Crippen LogP contribution in [0.1, 0.15) is 71.3 Å². The van der Waals surface area contributed by atoms with E-state index >= 15 is 0 Å². The van der Waals surface area contributed by atoms with Crippen LogP contribution in [0.15, 0.2) is 30.3 Å². The topological polar surface area (TPSA) is 76.5 Å². The molecule has 1 aromatic carbocycles. The molecular formula is C24H38N4O2. The summed E-state index contributed by atoms with van der Waals surface area (Å²) in [6.45, 7) is 7.09. The van der Waals surface area contributed by atoms with Crippen LogP contribution in [0.25, 0.3) is 0 Å². The molecule has 6 heteroatoms. The number of hydrazine groups is 1. The van der Waals surface area contributed by atoms with Gasteiger partial charge in [-0.1, -0.05) is 50.6 Å². The van der Waals surface area contributed by atoms with Gasteiger partial charge in [-0.2, -0.15) is 0 Å². The predicted molar refractivity (Wildman–Crippen MR) is 121 cm³/mol. The molecule has 1 aliphatic heterocycles. The third kappa shape index (κ3) is 7.47. The Morgan fingerprint density at radius 3 is 2.67 bits per heavy atom. The molecule has 2 N–H and O–H groups in total. The molecular weight excluding hydrogens is 376 g/mol. The number of benzene rings is 1. The van der Waals surface area contributed by atoms with Crippen molar-refractivity contribution in [1.82, 2.24) is 15.3 Å². The molecule has 6 nitrogen and oxygen atoms in total. The Balaban J connectivity index is 1.77. The van der Waals surface area contributed by atoms with Gasteiger partial charge < -0.3 is 5.32 Å². The van der Waals surface area contributed by atoms with E-state index in [1.54, 1.807) is 5.01 Å². The standard InChI is InChI=1S/C24H38N4O2/c1-4-19(2)17-22-11-8-16-27(28(22)18-29)23(25)14-12-20(3)26-24(30)15-13-21-9-6-5-7-10-21/h5-7,9-10,18-20,22,25H,4,8,11-17H2,1-3H3,(H,26,30). The highest BCUT2D eigenvalue weighted by atomic mass is 16.2. The van der Waals surface area contributed by atoms with Gasteiger partial charge in [0.2, 0.25) is 12.3 Å². The van der Waals surface area contributed by atoms with Gasteiger partial charge >= 0.3 is 0 Å². The van der Waals surface area contributed by atoms with Gasteiger partial charge in [0, 0.05) is 25.4 Å². The third-order valence-corrected chi connectivity index (χ3v) is 6.06. The summed E-state index contributed by atoms with van der Waals surface area (Å²) < 4.78 is 0. The quantitative estimate of drug-likeness (QED) is 0.324. The van der Waals surface area contributed by atoms with Crippen LogP contribution >= 0.6 is 0 Å². The van der Waals surface area contributed by atoms with E-state index in [2.05, 4.69) is 19.2 Å². The zero-order chi connectivity index (χ0) is 21.9. The zero-order valence-corrected chi connectivity index (χ0v) is 18.8. The number of rotatable bonds is 11. The maximum absolute atomic E-state index is 12.2.